The number of amides is 1. The summed E-state index contributed by atoms with van der Waals surface area (Å²) in [6.07, 6.45) is 0.240. The Labute approximate surface area is 153 Å². The number of benzene rings is 2. The predicted molar refractivity (Wildman–Crippen MR) is 97.9 cm³/mol. The Morgan fingerprint density at radius 2 is 1.73 bits per heavy atom. The van der Waals surface area contributed by atoms with Crippen LogP contribution in [0.2, 0.25) is 0 Å². The van der Waals surface area contributed by atoms with E-state index >= 15 is 0 Å². The van der Waals surface area contributed by atoms with Gasteiger partial charge in [0.05, 0.1) is 12.5 Å². The summed E-state index contributed by atoms with van der Waals surface area (Å²) < 4.78 is 24.3. The molecule has 0 spiro atoms. The highest BCUT2D eigenvalue weighted by molar-refractivity contribution is 5.79. The number of rotatable bonds is 4. The van der Waals surface area contributed by atoms with Gasteiger partial charge in [0.15, 0.2) is 11.5 Å². The number of fused-ring (bicyclic) bond motifs is 1. The minimum atomic E-state index is -0.288. The van der Waals surface area contributed by atoms with Crippen molar-refractivity contribution in [3.63, 3.8) is 0 Å². The number of nitrogens with one attached hydrogen (secondary N) is 1. The fourth-order valence-corrected chi connectivity index (χ4v) is 3.05. The van der Waals surface area contributed by atoms with E-state index in [0.717, 1.165) is 11.1 Å². The molecule has 0 fully saturated rings. The Kier molecular flexibility index (Phi) is 5.16. The number of ether oxygens (including phenoxy) is 2. The summed E-state index contributed by atoms with van der Waals surface area (Å²) in [7, 11) is 0. The van der Waals surface area contributed by atoms with E-state index < -0.39 is 0 Å². The molecule has 1 unspecified atom stereocenters. The lowest BCUT2D eigenvalue weighted by atomic mass is 9.82. The summed E-state index contributed by atoms with van der Waals surface area (Å²) >= 11 is 0. The topological polar surface area (TPSA) is 47.6 Å². The monoisotopic (exact) mass is 357 g/mol. The second-order valence-corrected chi connectivity index (χ2v) is 7.57. The van der Waals surface area contributed by atoms with Crippen LogP contribution in [0.4, 0.5) is 4.39 Å². The minimum Gasteiger partial charge on any atom is -0.486 e. The molecule has 138 valence electrons. The van der Waals surface area contributed by atoms with Crippen LogP contribution in [-0.2, 0) is 11.2 Å². The smallest absolute Gasteiger partial charge is 0.224 e. The van der Waals surface area contributed by atoms with E-state index in [9.17, 15) is 9.18 Å². The van der Waals surface area contributed by atoms with E-state index in [4.69, 9.17) is 9.47 Å². The van der Waals surface area contributed by atoms with E-state index in [1.54, 1.807) is 12.1 Å². The van der Waals surface area contributed by atoms with Gasteiger partial charge in [-0.1, -0.05) is 39.0 Å². The molecule has 5 heteroatoms. The van der Waals surface area contributed by atoms with Gasteiger partial charge in [-0.2, -0.15) is 0 Å². The summed E-state index contributed by atoms with van der Waals surface area (Å²) in [5, 5.41) is 3.09. The van der Waals surface area contributed by atoms with Crippen molar-refractivity contribution in [3.8, 4) is 11.5 Å². The third kappa shape index (κ3) is 4.34. The van der Waals surface area contributed by atoms with Crippen molar-refractivity contribution < 1.29 is 18.7 Å². The Balaban J connectivity index is 1.73. The van der Waals surface area contributed by atoms with Gasteiger partial charge >= 0.3 is 0 Å². The maximum absolute atomic E-state index is 13.2. The number of hydrogen-bond acceptors (Lipinski definition) is 3. The van der Waals surface area contributed by atoms with Crippen molar-refractivity contribution in [3.05, 3.63) is 59.4 Å². The lowest BCUT2D eigenvalue weighted by Gasteiger charge is -2.32. The maximum atomic E-state index is 13.2. The molecule has 3 rings (SSSR count). The molecule has 0 radical (unpaired) electrons. The molecule has 1 heterocycles. The average molecular weight is 357 g/mol. The Morgan fingerprint density at radius 3 is 2.38 bits per heavy atom. The standard InChI is InChI=1S/C21H24FNO3/c1-21(2,3)20(15-5-7-16(22)8-6-15)23-19(24)13-14-4-9-17-18(12-14)26-11-10-25-17/h4-9,12,20H,10-11,13H2,1-3H3,(H,23,24). The van der Waals surface area contributed by atoms with Crippen LogP contribution in [0, 0.1) is 11.2 Å². The quantitative estimate of drug-likeness (QED) is 0.898. The highest BCUT2D eigenvalue weighted by Crippen LogP contribution is 2.33. The van der Waals surface area contributed by atoms with E-state index in [1.807, 2.05) is 39.0 Å². The molecule has 1 aliphatic rings. The molecular formula is C21H24FNO3. The van der Waals surface area contributed by atoms with Crippen LogP contribution in [0.15, 0.2) is 42.5 Å². The largest absolute Gasteiger partial charge is 0.486 e. The maximum Gasteiger partial charge on any atom is 0.224 e. The van der Waals surface area contributed by atoms with Gasteiger partial charge < -0.3 is 14.8 Å². The fourth-order valence-electron chi connectivity index (χ4n) is 3.05. The van der Waals surface area contributed by atoms with Crippen LogP contribution in [0.1, 0.15) is 37.9 Å². The lowest BCUT2D eigenvalue weighted by Crippen LogP contribution is -2.37. The van der Waals surface area contributed by atoms with Crippen LogP contribution < -0.4 is 14.8 Å². The van der Waals surface area contributed by atoms with Crippen LogP contribution >= 0.6 is 0 Å². The second kappa shape index (κ2) is 7.36. The molecule has 0 aliphatic carbocycles. The Hall–Kier alpha value is -2.56. The zero-order valence-corrected chi connectivity index (χ0v) is 15.3. The highest BCUT2D eigenvalue weighted by atomic mass is 19.1. The average Bonchev–Trinajstić information content (AvgIpc) is 2.59. The first kappa shape index (κ1) is 18.2. The zero-order chi connectivity index (χ0) is 18.7. The number of hydrogen-bond donors (Lipinski definition) is 1. The summed E-state index contributed by atoms with van der Waals surface area (Å²) in [4.78, 5) is 12.6. The van der Waals surface area contributed by atoms with E-state index in [-0.39, 0.29) is 29.6 Å². The van der Waals surface area contributed by atoms with Crippen LogP contribution in [0.3, 0.4) is 0 Å². The molecule has 1 aliphatic heterocycles. The summed E-state index contributed by atoms with van der Waals surface area (Å²) in [6.45, 7) is 7.19. The van der Waals surface area contributed by atoms with Crippen molar-refractivity contribution in [2.75, 3.05) is 13.2 Å². The van der Waals surface area contributed by atoms with Crippen molar-refractivity contribution in [1.29, 1.82) is 0 Å². The fraction of sp³-hybridized carbons (Fsp3) is 0.381. The van der Waals surface area contributed by atoms with Crippen LogP contribution in [0.25, 0.3) is 0 Å². The van der Waals surface area contributed by atoms with Crippen LogP contribution in [0.5, 0.6) is 11.5 Å². The second-order valence-electron chi connectivity index (χ2n) is 7.57. The summed E-state index contributed by atoms with van der Waals surface area (Å²) in [5.41, 5.74) is 1.54. The van der Waals surface area contributed by atoms with E-state index in [1.165, 1.54) is 12.1 Å². The summed E-state index contributed by atoms with van der Waals surface area (Å²) in [5.74, 6) is 1.00. The van der Waals surface area contributed by atoms with Crippen molar-refractivity contribution in [2.45, 2.75) is 33.2 Å². The van der Waals surface area contributed by atoms with Gasteiger partial charge in [0.25, 0.3) is 0 Å². The number of carbonyl (C=O) groups excluding carboxylic acids is 1. The Bertz CT molecular complexity index is 781. The number of carbonyl (C=O) groups is 1. The molecule has 1 amide bonds. The summed E-state index contributed by atoms with van der Waals surface area (Å²) in [6, 6.07) is 11.6. The zero-order valence-electron chi connectivity index (χ0n) is 15.3. The molecule has 4 nitrogen and oxygen atoms in total. The molecule has 26 heavy (non-hydrogen) atoms. The van der Waals surface area contributed by atoms with Gasteiger partial charge in [0.2, 0.25) is 5.91 Å². The van der Waals surface area contributed by atoms with E-state index in [2.05, 4.69) is 5.32 Å². The third-order valence-electron chi connectivity index (χ3n) is 4.35. The molecule has 1 atom stereocenters. The predicted octanol–water partition coefficient (Wildman–Crippen LogP) is 4.04. The van der Waals surface area contributed by atoms with Gasteiger partial charge in [-0.3, -0.25) is 4.79 Å². The van der Waals surface area contributed by atoms with Gasteiger partial charge in [-0.15, -0.1) is 0 Å². The molecule has 0 saturated heterocycles. The van der Waals surface area contributed by atoms with Gasteiger partial charge in [-0.25, -0.2) is 4.39 Å². The molecule has 0 aromatic heterocycles. The molecular weight excluding hydrogens is 333 g/mol. The number of halogens is 1. The first-order valence-corrected chi connectivity index (χ1v) is 8.76. The first-order valence-electron chi connectivity index (χ1n) is 8.76. The SMILES string of the molecule is CC(C)(C)C(NC(=O)Cc1ccc2c(c1)OCCO2)c1ccc(F)cc1. The molecule has 2 aromatic rings. The molecule has 0 saturated carbocycles. The van der Waals surface area contributed by atoms with Gasteiger partial charge in [-0.05, 0) is 40.8 Å². The molecule has 2 aromatic carbocycles. The Morgan fingerprint density at radius 1 is 1.08 bits per heavy atom. The highest BCUT2D eigenvalue weighted by Gasteiger charge is 2.28. The normalized spacial score (nSPS) is 14.6. The molecule has 1 N–H and O–H groups in total. The first-order chi connectivity index (χ1) is 12.3. The van der Waals surface area contributed by atoms with Crippen molar-refractivity contribution in [2.24, 2.45) is 5.41 Å². The van der Waals surface area contributed by atoms with Gasteiger partial charge in [0.1, 0.15) is 19.0 Å². The lowest BCUT2D eigenvalue weighted by molar-refractivity contribution is -0.122. The minimum absolute atomic E-state index is 0.0917. The van der Waals surface area contributed by atoms with Crippen molar-refractivity contribution in [1.82, 2.24) is 5.32 Å². The van der Waals surface area contributed by atoms with Crippen LogP contribution in [-0.4, -0.2) is 19.1 Å². The van der Waals surface area contributed by atoms with Crippen molar-refractivity contribution >= 4 is 5.91 Å². The van der Waals surface area contributed by atoms with E-state index in [0.29, 0.717) is 24.7 Å². The third-order valence-corrected chi connectivity index (χ3v) is 4.35. The van der Waals surface area contributed by atoms with Gasteiger partial charge in [0, 0.05) is 0 Å². The molecule has 0 bridgehead atoms.